The summed E-state index contributed by atoms with van der Waals surface area (Å²) in [6.07, 6.45) is 0.168. The number of nitrogens with zero attached hydrogens (tertiary/aromatic N) is 3. The fourth-order valence-corrected chi connectivity index (χ4v) is 6.28. The number of halogens is 3. The van der Waals surface area contributed by atoms with Gasteiger partial charge in [-0.15, -0.1) is 0 Å². The van der Waals surface area contributed by atoms with Gasteiger partial charge in [0.2, 0.25) is 0 Å². The van der Waals surface area contributed by atoms with Crippen LogP contribution in [-0.2, 0) is 17.5 Å². The van der Waals surface area contributed by atoms with Gasteiger partial charge in [0, 0.05) is 12.1 Å². The molecule has 2 saturated heterocycles. The van der Waals surface area contributed by atoms with Crippen molar-refractivity contribution >= 4 is 6.09 Å². The van der Waals surface area contributed by atoms with Gasteiger partial charge < -0.3 is 20.0 Å². The van der Waals surface area contributed by atoms with E-state index in [0.29, 0.717) is 23.8 Å². The third-order valence-electron chi connectivity index (χ3n) is 8.69. The minimum absolute atomic E-state index is 0.0153. The lowest BCUT2D eigenvalue weighted by molar-refractivity contribution is -0.140. The molecule has 1 amide bonds. The predicted molar refractivity (Wildman–Crippen MR) is 167 cm³/mol. The molecule has 2 aliphatic heterocycles. The van der Waals surface area contributed by atoms with Crippen molar-refractivity contribution in [2.45, 2.75) is 50.6 Å². The van der Waals surface area contributed by atoms with Gasteiger partial charge in [-0.2, -0.15) is 13.2 Å². The van der Waals surface area contributed by atoms with Gasteiger partial charge in [0.25, 0.3) is 0 Å². The SMILES string of the molecule is O=C(OCc1ccccc1)N1CCC[C@H]1c1ncc(-c2ccc(-c3ccc(-c4[nH]c([C@@H]5CCCN5)nc4C(F)(F)F)cc3)cc2)[nH]1. The fraction of sp³-hybridized carbons (Fsp3) is 0.286. The molecule has 2 aromatic heterocycles. The molecule has 3 aromatic carbocycles. The van der Waals surface area contributed by atoms with Crippen LogP contribution in [0.3, 0.4) is 0 Å². The van der Waals surface area contributed by atoms with Crippen LogP contribution in [0.4, 0.5) is 18.0 Å². The standard InChI is InChI=1S/C35H33F3N6O2/c36-35(37,38)31-30(42-32(43-31)27-8-4-18-39-27)26-16-12-24(13-17-26)23-10-14-25(15-11-23)28-20-40-33(41-28)29-9-5-19-44(29)34(45)46-21-22-6-2-1-3-7-22/h1-3,6-7,10-17,20,27,29,39H,4-5,8-9,18-19,21H2,(H,40,41)(H,42,43)/t27-,29-/m0/s1. The summed E-state index contributed by atoms with van der Waals surface area (Å²) >= 11 is 0. The quantitative estimate of drug-likeness (QED) is 0.170. The van der Waals surface area contributed by atoms with E-state index in [1.165, 1.54) is 0 Å². The van der Waals surface area contributed by atoms with Crippen molar-refractivity contribution in [1.29, 1.82) is 0 Å². The van der Waals surface area contributed by atoms with E-state index in [-0.39, 0.29) is 30.5 Å². The molecule has 2 atom stereocenters. The first kappa shape index (κ1) is 29.8. The van der Waals surface area contributed by atoms with Crippen molar-refractivity contribution < 1.29 is 22.7 Å². The number of hydrogen-bond acceptors (Lipinski definition) is 5. The van der Waals surface area contributed by atoms with Crippen LogP contribution in [0.2, 0.25) is 0 Å². The van der Waals surface area contributed by atoms with Gasteiger partial charge in [0.05, 0.1) is 29.7 Å². The third kappa shape index (κ3) is 6.15. The smallest absolute Gasteiger partial charge is 0.435 e. The maximum Gasteiger partial charge on any atom is 0.435 e. The first-order chi connectivity index (χ1) is 22.3. The zero-order chi connectivity index (χ0) is 31.7. The lowest BCUT2D eigenvalue weighted by atomic mass is 10.0. The van der Waals surface area contributed by atoms with Crippen LogP contribution >= 0.6 is 0 Å². The van der Waals surface area contributed by atoms with Crippen LogP contribution in [0, 0.1) is 0 Å². The number of amides is 1. The van der Waals surface area contributed by atoms with E-state index >= 15 is 0 Å². The van der Waals surface area contributed by atoms with E-state index in [4.69, 9.17) is 4.74 Å². The lowest BCUT2D eigenvalue weighted by Crippen LogP contribution is -2.31. The Morgan fingerprint density at radius 3 is 2.22 bits per heavy atom. The second kappa shape index (κ2) is 12.5. The molecule has 3 N–H and O–H groups in total. The predicted octanol–water partition coefficient (Wildman–Crippen LogP) is 8.05. The molecule has 2 aliphatic rings. The summed E-state index contributed by atoms with van der Waals surface area (Å²) in [5.74, 6) is 1.04. The first-order valence-corrected chi connectivity index (χ1v) is 15.5. The lowest BCUT2D eigenvalue weighted by Gasteiger charge is -2.22. The Bertz CT molecular complexity index is 1790. The number of imidazole rings is 2. The van der Waals surface area contributed by atoms with Crippen LogP contribution in [-0.4, -0.2) is 44.0 Å². The second-order valence-electron chi connectivity index (χ2n) is 11.7. The molecule has 4 heterocycles. The summed E-state index contributed by atoms with van der Waals surface area (Å²) in [5.41, 5.74) is 4.01. The summed E-state index contributed by atoms with van der Waals surface area (Å²) in [6, 6.07) is 24.1. The molecule has 0 radical (unpaired) electrons. The van der Waals surface area contributed by atoms with E-state index in [0.717, 1.165) is 60.2 Å². The third-order valence-corrected chi connectivity index (χ3v) is 8.69. The fourth-order valence-electron chi connectivity index (χ4n) is 6.28. The van der Waals surface area contributed by atoms with Gasteiger partial charge in [0.15, 0.2) is 5.69 Å². The van der Waals surface area contributed by atoms with Crippen LogP contribution in [0.1, 0.15) is 60.7 Å². The molecule has 0 unspecified atom stereocenters. The number of carbonyl (C=O) groups is 1. The summed E-state index contributed by atoms with van der Waals surface area (Å²) < 4.78 is 47.1. The molecule has 5 aromatic rings. The number of carbonyl (C=O) groups excluding carboxylic acids is 1. The molecular formula is C35H33F3N6O2. The Hall–Kier alpha value is -4.90. The van der Waals surface area contributed by atoms with Crippen molar-refractivity contribution in [1.82, 2.24) is 30.2 Å². The van der Waals surface area contributed by atoms with Crippen molar-refractivity contribution in [3.8, 4) is 33.6 Å². The van der Waals surface area contributed by atoms with Crippen molar-refractivity contribution in [3.63, 3.8) is 0 Å². The minimum atomic E-state index is -4.56. The molecule has 8 nitrogen and oxygen atoms in total. The van der Waals surface area contributed by atoms with Crippen LogP contribution in [0.25, 0.3) is 33.6 Å². The highest BCUT2D eigenvalue weighted by Crippen LogP contribution is 2.38. The Kier molecular flexibility index (Phi) is 8.08. The van der Waals surface area contributed by atoms with E-state index in [1.807, 2.05) is 66.7 Å². The van der Waals surface area contributed by atoms with Gasteiger partial charge in [0.1, 0.15) is 18.3 Å². The molecule has 236 valence electrons. The average Bonchev–Trinajstić information content (AvgIpc) is 3.90. The number of aromatic nitrogens is 4. The summed E-state index contributed by atoms with van der Waals surface area (Å²) in [4.78, 5) is 29.5. The normalized spacial score (nSPS) is 18.3. The van der Waals surface area contributed by atoms with Crippen molar-refractivity contribution in [2.24, 2.45) is 0 Å². The van der Waals surface area contributed by atoms with Crippen molar-refractivity contribution in [2.75, 3.05) is 13.1 Å². The highest BCUT2D eigenvalue weighted by Gasteiger charge is 2.39. The van der Waals surface area contributed by atoms with E-state index in [9.17, 15) is 18.0 Å². The summed E-state index contributed by atoms with van der Waals surface area (Å²) in [5, 5.41) is 3.21. The number of benzene rings is 3. The highest BCUT2D eigenvalue weighted by atomic mass is 19.4. The molecule has 0 spiro atoms. The molecule has 46 heavy (non-hydrogen) atoms. The number of hydrogen-bond donors (Lipinski definition) is 3. The van der Waals surface area contributed by atoms with Gasteiger partial charge in [-0.3, -0.25) is 4.90 Å². The number of nitrogens with one attached hydrogen (secondary N) is 3. The number of alkyl halides is 3. The zero-order valence-electron chi connectivity index (χ0n) is 25.0. The number of ether oxygens (including phenoxy) is 1. The molecule has 0 saturated carbocycles. The molecule has 11 heteroatoms. The van der Waals surface area contributed by atoms with Crippen LogP contribution in [0.5, 0.6) is 0 Å². The monoisotopic (exact) mass is 626 g/mol. The number of H-pyrrole nitrogens is 2. The average molecular weight is 627 g/mol. The Morgan fingerprint density at radius 2 is 1.54 bits per heavy atom. The molecule has 7 rings (SSSR count). The molecule has 0 bridgehead atoms. The molecular weight excluding hydrogens is 593 g/mol. The van der Waals surface area contributed by atoms with Gasteiger partial charge in [-0.1, -0.05) is 78.9 Å². The molecule has 2 fully saturated rings. The van der Waals surface area contributed by atoms with Crippen LogP contribution < -0.4 is 5.32 Å². The Balaban J connectivity index is 1.04. The summed E-state index contributed by atoms with van der Waals surface area (Å²) in [6.45, 7) is 1.60. The van der Waals surface area contributed by atoms with E-state index < -0.39 is 11.9 Å². The highest BCUT2D eigenvalue weighted by molar-refractivity contribution is 5.72. The van der Waals surface area contributed by atoms with Gasteiger partial charge in [-0.05, 0) is 54.5 Å². The number of rotatable bonds is 7. The first-order valence-electron chi connectivity index (χ1n) is 15.5. The maximum atomic E-state index is 13.9. The molecule has 0 aliphatic carbocycles. The van der Waals surface area contributed by atoms with Crippen LogP contribution in [0.15, 0.2) is 85.1 Å². The van der Waals surface area contributed by atoms with Crippen molar-refractivity contribution in [3.05, 3.63) is 108 Å². The Morgan fingerprint density at radius 1 is 0.848 bits per heavy atom. The Labute approximate surface area is 264 Å². The van der Waals surface area contributed by atoms with E-state index in [2.05, 4.69) is 25.3 Å². The number of aromatic amines is 2. The zero-order valence-corrected chi connectivity index (χ0v) is 25.0. The topological polar surface area (TPSA) is 98.9 Å². The van der Waals surface area contributed by atoms with E-state index in [1.54, 1.807) is 23.2 Å². The number of likely N-dealkylation sites (tertiary alicyclic amines) is 1. The van der Waals surface area contributed by atoms with Gasteiger partial charge >= 0.3 is 12.3 Å². The minimum Gasteiger partial charge on any atom is -0.445 e. The van der Waals surface area contributed by atoms with Gasteiger partial charge in [-0.25, -0.2) is 14.8 Å². The summed E-state index contributed by atoms with van der Waals surface area (Å²) in [7, 11) is 0. The second-order valence-corrected chi connectivity index (χ2v) is 11.7. The maximum absolute atomic E-state index is 13.9. The largest absolute Gasteiger partial charge is 0.445 e.